The Bertz CT molecular complexity index is 1410. The van der Waals surface area contributed by atoms with Crippen LogP contribution in [0.5, 0.6) is 0 Å². The SMILES string of the molecule is CCCNC(=O)[C@H](C)N(Cc1ccccc1Cl)C(=O)CN(c1ccc(C(C)C)cc1)S(=O)(=O)c1ccc(C)cc1. The second-order valence-corrected chi connectivity index (χ2v) is 12.4. The lowest BCUT2D eigenvalue weighted by atomic mass is 10.0. The molecule has 0 bridgehead atoms. The van der Waals surface area contributed by atoms with E-state index >= 15 is 0 Å². The average Bonchev–Trinajstić information content (AvgIpc) is 2.93. The molecule has 0 saturated heterocycles. The first-order valence-corrected chi connectivity index (χ1v) is 15.3. The van der Waals surface area contributed by atoms with Crippen molar-refractivity contribution >= 4 is 39.1 Å². The van der Waals surface area contributed by atoms with Gasteiger partial charge < -0.3 is 10.2 Å². The van der Waals surface area contributed by atoms with E-state index in [9.17, 15) is 18.0 Å². The number of sulfonamides is 1. The molecule has 0 heterocycles. The van der Waals surface area contributed by atoms with Gasteiger partial charge in [0.15, 0.2) is 0 Å². The van der Waals surface area contributed by atoms with Gasteiger partial charge in [0.25, 0.3) is 10.0 Å². The van der Waals surface area contributed by atoms with Gasteiger partial charge in [0.2, 0.25) is 11.8 Å². The number of rotatable bonds is 12. The molecule has 0 radical (unpaired) electrons. The van der Waals surface area contributed by atoms with Crippen molar-refractivity contribution in [2.75, 3.05) is 17.4 Å². The monoisotopic (exact) mass is 583 g/mol. The lowest BCUT2D eigenvalue weighted by Gasteiger charge is -2.32. The minimum absolute atomic E-state index is 0.0456. The minimum atomic E-state index is -4.11. The highest BCUT2D eigenvalue weighted by molar-refractivity contribution is 7.92. The maximum Gasteiger partial charge on any atom is 0.264 e. The molecule has 3 aromatic carbocycles. The Morgan fingerprint density at radius 2 is 1.55 bits per heavy atom. The molecule has 0 saturated carbocycles. The predicted octanol–water partition coefficient (Wildman–Crippen LogP) is 5.91. The number of carbonyl (C=O) groups excluding carboxylic acids is 2. The molecule has 1 atom stereocenters. The standard InChI is InChI=1S/C31H38ClN3O4S/c1-6-19-33-31(37)24(5)34(20-26-9-7-8-10-29(26)32)30(36)21-35(27-15-13-25(14-16-27)22(2)3)40(38,39)28-17-11-23(4)12-18-28/h7-18,22,24H,6,19-21H2,1-5H3,(H,33,37)/t24-/m0/s1. The molecular weight excluding hydrogens is 546 g/mol. The smallest absolute Gasteiger partial charge is 0.264 e. The number of aryl methyl sites for hydroxylation is 1. The Morgan fingerprint density at radius 3 is 2.12 bits per heavy atom. The van der Waals surface area contributed by atoms with Gasteiger partial charge in [0, 0.05) is 18.1 Å². The zero-order chi connectivity index (χ0) is 29.4. The van der Waals surface area contributed by atoms with Crippen LogP contribution < -0.4 is 9.62 Å². The molecule has 0 spiro atoms. The van der Waals surface area contributed by atoms with Crippen molar-refractivity contribution in [3.8, 4) is 0 Å². The fourth-order valence-electron chi connectivity index (χ4n) is 4.18. The minimum Gasteiger partial charge on any atom is -0.354 e. The van der Waals surface area contributed by atoms with Crippen LogP contribution in [0.4, 0.5) is 5.69 Å². The van der Waals surface area contributed by atoms with E-state index in [1.165, 1.54) is 17.0 Å². The number of hydrogen-bond donors (Lipinski definition) is 1. The van der Waals surface area contributed by atoms with Crippen molar-refractivity contribution in [1.29, 1.82) is 0 Å². The molecule has 9 heteroatoms. The summed E-state index contributed by atoms with van der Waals surface area (Å²) < 4.78 is 29.0. The van der Waals surface area contributed by atoms with E-state index < -0.39 is 28.5 Å². The first-order valence-electron chi connectivity index (χ1n) is 13.5. The second kappa shape index (κ2) is 13.8. The first-order chi connectivity index (χ1) is 18.9. The second-order valence-electron chi connectivity index (χ2n) is 10.2. The number of anilines is 1. The summed E-state index contributed by atoms with van der Waals surface area (Å²) in [4.78, 5) is 28.4. The number of nitrogens with zero attached hydrogens (tertiary/aromatic N) is 2. The van der Waals surface area contributed by atoms with Crippen LogP contribution in [-0.4, -0.2) is 44.3 Å². The molecule has 214 valence electrons. The van der Waals surface area contributed by atoms with Crippen molar-refractivity contribution in [2.24, 2.45) is 0 Å². The third kappa shape index (κ3) is 7.64. The number of hydrogen-bond acceptors (Lipinski definition) is 4. The van der Waals surface area contributed by atoms with Crippen LogP contribution in [0.15, 0.2) is 77.7 Å². The summed E-state index contributed by atoms with van der Waals surface area (Å²) in [6.07, 6.45) is 0.742. The van der Waals surface area contributed by atoms with Crippen LogP contribution in [0.25, 0.3) is 0 Å². The average molecular weight is 584 g/mol. The van der Waals surface area contributed by atoms with E-state index in [0.29, 0.717) is 22.8 Å². The third-order valence-corrected chi connectivity index (χ3v) is 8.91. The fourth-order valence-corrected chi connectivity index (χ4v) is 5.79. The Hall–Kier alpha value is -3.36. The highest BCUT2D eigenvalue weighted by Crippen LogP contribution is 2.27. The first kappa shape index (κ1) is 31.2. The quantitative estimate of drug-likeness (QED) is 0.287. The molecule has 0 aliphatic rings. The van der Waals surface area contributed by atoms with E-state index in [1.54, 1.807) is 55.5 Å². The van der Waals surface area contributed by atoms with Gasteiger partial charge in [-0.3, -0.25) is 13.9 Å². The maximum absolute atomic E-state index is 14.0. The van der Waals surface area contributed by atoms with Crippen molar-refractivity contribution in [3.05, 3.63) is 94.5 Å². The van der Waals surface area contributed by atoms with Crippen molar-refractivity contribution < 1.29 is 18.0 Å². The molecule has 7 nitrogen and oxygen atoms in total. The highest BCUT2D eigenvalue weighted by atomic mass is 35.5. The molecule has 0 unspecified atom stereocenters. The number of amides is 2. The predicted molar refractivity (Wildman–Crippen MR) is 161 cm³/mol. The van der Waals surface area contributed by atoms with Crippen LogP contribution >= 0.6 is 11.6 Å². The Labute approximate surface area is 243 Å². The zero-order valence-electron chi connectivity index (χ0n) is 23.7. The van der Waals surface area contributed by atoms with Crippen LogP contribution in [0.2, 0.25) is 5.02 Å². The molecule has 2 amide bonds. The van der Waals surface area contributed by atoms with Gasteiger partial charge in [-0.2, -0.15) is 0 Å². The molecule has 1 N–H and O–H groups in total. The van der Waals surface area contributed by atoms with Crippen molar-refractivity contribution in [3.63, 3.8) is 0 Å². The molecule has 0 fully saturated rings. The largest absolute Gasteiger partial charge is 0.354 e. The molecule has 0 aliphatic carbocycles. The van der Waals surface area contributed by atoms with E-state index in [0.717, 1.165) is 21.9 Å². The van der Waals surface area contributed by atoms with Crippen LogP contribution in [0.1, 0.15) is 56.7 Å². The number of halogens is 1. The van der Waals surface area contributed by atoms with Crippen LogP contribution in [0, 0.1) is 6.92 Å². The van der Waals surface area contributed by atoms with Crippen molar-refractivity contribution in [2.45, 2.75) is 64.4 Å². The lowest BCUT2D eigenvalue weighted by molar-refractivity contribution is -0.139. The summed E-state index contributed by atoms with van der Waals surface area (Å²) in [5, 5.41) is 3.29. The van der Waals surface area contributed by atoms with Gasteiger partial charge in [-0.05, 0) is 67.6 Å². The van der Waals surface area contributed by atoms with Gasteiger partial charge in [-0.25, -0.2) is 8.42 Å². The van der Waals surface area contributed by atoms with Gasteiger partial charge >= 0.3 is 0 Å². The van der Waals surface area contributed by atoms with E-state index in [2.05, 4.69) is 19.2 Å². The fraction of sp³-hybridized carbons (Fsp3) is 0.355. The van der Waals surface area contributed by atoms with E-state index in [-0.39, 0.29) is 23.3 Å². The number of nitrogens with one attached hydrogen (secondary N) is 1. The Kier molecular flexibility index (Phi) is 10.8. The van der Waals surface area contributed by atoms with Gasteiger partial charge in [-0.1, -0.05) is 80.4 Å². The number of carbonyl (C=O) groups is 2. The summed E-state index contributed by atoms with van der Waals surface area (Å²) in [6.45, 7) is 9.57. The van der Waals surface area contributed by atoms with Crippen molar-refractivity contribution in [1.82, 2.24) is 10.2 Å². The van der Waals surface area contributed by atoms with Gasteiger partial charge in [0.1, 0.15) is 12.6 Å². The van der Waals surface area contributed by atoms with Gasteiger partial charge in [-0.15, -0.1) is 0 Å². The van der Waals surface area contributed by atoms with E-state index in [4.69, 9.17) is 11.6 Å². The molecule has 3 rings (SSSR count). The summed E-state index contributed by atoms with van der Waals surface area (Å²) in [5.74, 6) is -0.592. The lowest BCUT2D eigenvalue weighted by Crippen LogP contribution is -2.51. The van der Waals surface area contributed by atoms with E-state index in [1.807, 2.05) is 26.0 Å². The highest BCUT2D eigenvalue weighted by Gasteiger charge is 2.32. The third-order valence-electron chi connectivity index (χ3n) is 6.75. The summed E-state index contributed by atoms with van der Waals surface area (Å²) in [7, 11) is -4.11. The maximum atomic E-state index is 14.0. The molecular formula is C31H38ClN3O4S. The topological polar surface area (TPSA) is 86.8 Å². The Balaban J connectivity index is 2.04. The Morgan fingerprint density at radius 1 is 0.925 bits per heavy atom. The van der Waals surface area contributed by atoms with Crippen LogP contribution in [0.3, 0.4) is 0 Å². The summed E-state index contributed by atoms with van der Waals surface area (Å²) in [6, 6.07) is 19.9. The molecule has 0 aliphatic heterocycles. The number of benzene rings is 3. The summed E-state index contributed by atoms with van der Waals surface area (Å²) in [5.41, 5.74) is 2.98. The molecule has 3 aromatic rings. The zero-order valence-corrected chi connectivity index (χ0v) is 25.3. The van der Waals surface area contributed by atoms with Gasteiger partial charge in [0.05, 0.1) is 10.6 Å². The summed E-state index contributed by atoms with van der Waals surface area (Å²) >= 11 is 6.40. The molecule has 40 heavy (non-hydrogen) atoms. The molecule has 0 aromatic heterocycles. The van der Waals surface area contributed by atoms with Crippen LogP contribution in [-0.2, 0) is 26.2 Å². The normalized spacial score (nSPS) is 12.2.